The monoisotopic (exact) mass is 425 g/mol. The molecule has 1 saturated heterocycles. The van der Waals surface area contributed by atoms with E-state index < -0.39 is 50.4 Å². The maximum atomic E-state index is 11.1. The molecule has 1 aliphatic rings. The molecule has 28 heavy (non-hydrogen) atoms. The van der Waals surface area contributed by atoms with Gasteiger partial charge in [-0.3, -0.25) is 14.0 Å². The van der Waals surface area contributed by atoms with Gasteiger partial charge in [0.15, 0.2) is 6.29 Å². The molecule has 2 unspecified atom stereocenters. The fraction of sp³-hybridized carbons (Fsp3) is 0.786. The first-order chi connectivity index (χ1) is 13.1. The second-order valence-electron chi connectivity index (χ2n) is 6.30. The van der Waals surface area contributed by atoms with Crippen molar-refractivity contribution in [2.75, 3.05) is 13.3 Å². The number of ether oxygens (including phenoxy) is 3. The molecule has 0 amide bonds. The molecule has 0 spiro atoms. The van der Waals surface area contributed by atoms with E-state index in [0.29, 0.717) is 5.69 Å². The summed E-state index contributed by atoms with van der Waals surface area (Å²) in [5, 5.41) is 37.5. The van der Waals surface area contributed by atoms with Crippen LogP contribution in [0.3, 0.4) is 0 Å². The number of aliphatic hydroxyl groups excluding tert-OH is 3. The van der Waals surface area contributed by atoms with E-state index in [1.54, 1.807) is 0 Å². The molecule has 0 bridgehead atoms. The zero-order valence-electron chi connectivity index (χ0n) is 15.1. The van der Waals surface area contributed by atoms with Crippen molar-refractivity contribution in [3.05, 3.63) is 11.9 Å². The normalized spacial score (nSPS) is 28.3. The van der Waals surface area contributed by atoms with Crippen LogP contribution in [0.5, 0.6) is 0 Å². The summed E-state index contributed by atoms with van der Waals surface area (Å²) in [6.45, 7) is 0.0889. The third-order valence-corrected chi connectivity index (χ3v) is 4.97. The lowest BCUT2D eigenvalue weighted by atomic mass is 9.97. The molecular weight excluding hydrogens is 401 g/mol. The first-order valence-corrected chi connectivity index (χ1v) is 10.2. The number of aliphatic hydroxyl groups is 3. The lowest BCUT2D eigenvalue weighted by Gasteiger charge is -2.40. The highest BCUT2D eigenvalue weighted by Crippen LogP contribution is 2.37. The van der Waals surface area contributed by atoms with E-state index in [2.05, 4.69) is 15.0 Å². The van der Waals surface area contributed by atoms with Crippen LogP contribution in [0.15, 0.2) is 6.20 Å². The molecule has 2 rings (SSSR count). The number of carbonyl (C=O) groups is 1. The second kappa shape index (κ2) is 9.85. The molecule has 5 atom stereocenters. The van der Waals surface area contributed by atoms with Crippen LogP contribution in [0.25, 0.3) is 0 Å². The Balaban J connectivity index is 1.90. The molecule has 0 radical (unpaired) electrons. The molecule has 1 aromatic heterocycles. The van der Waals surface area contributed by atoms with Gasteiger partial charge in [-0.05, 0) is 6.42 Å². The fourth-order valence-electron chi connectivity index (χ4n) is 2.58. The van der Waals surface area contributed by atoms with Gasteiger partial charge >= 0.3 is 13.6 Å². The number of aromatic nitrogens is 3. The number of carbonyl (C=O) groups excluding carboxylic acids is 1. The number of methoxy groups -OCH3 is 1. The predicted molar refractivity (Wildman–Crippen MR) is 89.7 cm³/mol. The Hall–Kier alpha value is -1.44. The third kappa shape index (κ3) is 6.57. The Bertz CT molecular complexity index is 695. The van der Waals surface area contributed by atoms with E-state index in [-0.39, 0.29) is 26.0 Å². The molecule has 13 nitrogen and oxygen atoms in total. The van der Waals surface area contributed by atoms with Crippen molar-refractivity contribution in [1.29, 1.82) is 0 Å². The lowest BCUT2D eigenvalue weighted by Crippen LogP contribution is -2.58. The smallest absolute Gasteiger partial charge is 0.325 e. The third-order valence-electron chi connectivity index (χ3n) is 4.13. The second-order valence-corrected chi connectivity index (χ2v) is 8.08. The van der Waals surface area contributed by atoms with Gasteiger partial charge in [0.25, 0.3) is 0 Å². The summed E-state index contributed by atoms with van der Waals surface area (Å²) in [6, 6.07) is 0. The van der Waals surface area contributed by atoms with E-state index in [1.807, 2.05) is 0 Å². The van der Waals surface area contributed by atoms with Crippen LogP contribution >= 0.6 is 7.60 Å². The highest BCUT2D eigenvalue weighted by atomic mass is 31.2. The summed E-state index contributed by atoms with van der Waals surface area (Å²) in [7, 11) is -3.05. The molecule has 0 aliphatic carbocycles. The fourth-order valence-corrected chi connectivity index (χ4v) is 3.17. The molecule has 1 fully saturated rings. The maximum Gasteiger partial charge on any atom is 0.325 e. The summed E-state index contributed by atoms with van der Waals surface area (Å²) in [5.74, 6) is -0.402. The quantitative estimate of drug-likeness (QED) is 0.211. The van der Waals surface area contributed by atoms with E-state index in [0.717, 1.165) is 0 Å². The molecule has 2 heterocycles. The van der Waals surface area contributed by atoms with Crippen molar-refractivity contribution in [2.45, 2.75) is 56.7 Å². The van der Waals surface area contributed by atoms with Crippen molar-refractivity contribution < 1.29 is 48.7 Å². The lowest BCUT2D eigenvalue weighted by molar-refractivity contribution is -0.300. The first-order valence-electron chi connectivity index (χ1n) is 8.42. The van der Waals surface area contributed by atoms with Gasteiger partial charge in [0.1, 0.15) is 24.0 Å². The average molecular weight is 425 g/mol. The van der Waals surface area contributed by atoms with E-state index >= 15 is 0 Å². The van der Waals surface area contributed by atoms with Gasteiger partial charge in [-0.1, -0.05) is 5.21 Å². The molecule has 1 aromatic rings. The standard InChI is InChI=1S/C14H24N3O10P/c1-25-10(18)2-4-17-6-8(15-16-17)7-26-14-13(21)12(20)11(19)9(27-14)3-5-28(22,23)24/h6,9,11-14,19-21H,2-5,7H2,1H3,(H2,22,23,24)/t9?,11-,12+,13?,14+/m1/s1. The highest BCUT2D eigenvalue weighted by molar-refractivity contribution is 7.51. The minimum absolute atomic E-state index is 0.107. The Labute approximate surface area is 160 Å². The van der Waals surface area contributed by atoms with E-state index in [4.69, 9.17) is 19.3 Å². The average Bonchev–Trinajstić information content (AvgIpc) is 3.10. The van der Waals surface area contributed by atoms with Crippen molar-refractivity contribution in [2.24, 2.45) is 0 Å². The van der Waals surface area contributed by atoms with Gasteiger partial charge in [0.2, 0.25) is 0 Å². The van der Waals surface area contributed by atoms with Gasteiger partial charge in [-0.2, -0.15) is 0 Å². The number of esters is 1. The summed E-state index contributed by atoms with van der Waals surface area (Å²) in [4.78, 5) is 29.0. The topological polar surface area (TPSA) is 194 Å². The maximum absolute atomic E-state index is 11.1. The summed E-state index contributed by atoms with van der Waals surface area (Å²) in [6.07, 6.45) is -6.37. The van der Waals surface area contributed by atoms with Crippen LogP contribution in [-0.4, -0.2) is 90.0 Å². The van der Waals surface area contributed by atoms with Gasteiger partial charge in [-0.25, -0.2) is 0 Å². The van der Waals surface area contributed by atoms with Crippen LogP contribution in [0, 0.1) is 0 Å². The zero-order valence-corrected chi connectivity index (χ0v) is 16.0. The van der Waals surface area contributed by atoms with Gasteiger partial charge in [-0.15, -0.1) is 5.10 Å². The van der Waals surface area contributed by atoms with Gasteiger partial charge in [0, 0.05) is 0 Å². The van der Waals surface area contributed by atoms with Crippen molar-refractivity contribution in [1.82, 2.24) is 15.0 Å². The molecule has 0 aromatic carbocycles. The Morgan fingerprint density at radius 3 is 2.64 bits per heavy atom. The Morgan fingerprint density at radius 2 is 2.00 bits per heavy atom. The minimum atomic E-state index is -4.32. The summed E-state index contributed by atoms with van der Waals surface area (Å²) in [5.41, 5.74) is 0.355. The largest absolute Gasteiger partial charge is 0.469 e. The highest BCUT2D eigenvalue weighted by Gasteiger charge is 2.44. The van der Waals surface area contributed by atoms with Crippen LogP contribution in [0.1, 0.15) is 18.5 Å². The van der Waals surface area contributed by atoms with Crippen LogP contribution in [0.4, 0.5) is 0 Å². The SMILES string of the molecule is COC(=O)CCn1cc(CO[C@H]2OC(CCP(=O)(O)O)[C@@H](O)[C@H](O)C2O)nn1. The predicted octanol–water partition coefficient (Wildman–Crippen LogP) is -2.27. The molecule has 5 N–H and O–H groups in total. The Kier molecular flexibility index (Phi) is 8.04. The van der Waals surface area contributed by atoms with Crippen molar-refractivity contribution in [3.8, 4) is 0 Å². The van der Waals surface area contributed by atoms with Crippen LogP contribution < -0.4 is 0 Å². The Morgan fingerprint density at radius 1 is 1.29 bits per heavy atom. The number of hydrogen-bond donors (Lipinski definition) is 5. The van der Waals surface area contributed by atoms with Crippen LogP contribution in [0.2, 0.25) is 0 Å². The van der Waals surface area contributed by atoms with Crippen LogP contribution in [-0.2, 0) is 36.7 Å². The first kappa shape index (κ1) is 22.8. The number of nitrogens with zero attached hydrogens (tertiary/aromatic N) is 3. The zero-order chi connectivity index (χ0) is 20.9. The summed E-state index contributed by atoms with van der Waals surface area (Å²) < 4.78 is 27.7. The van der Waals surface area contributed by atoms with E-state index in [1.165, 1.54) is 18.0 Å². The summed E-state index contributed by atoms with van der Waals surface area (Å²) >= 11 is 0. The number of hydrogen-bond acceptors (Lipinski definition) is 10. The molecule has 160 valence electrons. The molecule has 14 heteroatoms. The minimum Gasteiger partial charge on any atom is -0.469 e. The number of aryl methyl sites for hydroxylation is 1. The van der Waals surface area contributed by atoms with E-state index in [9.17, 15) is 24.7 Å². The van der Waals surface area contributed by atoms with Crippen molar-refractivity contribution in [3.63, 3.8) is 0 Å². The van der Waals surface area contributed by atoms with Crippen molar-refractivity contribution >= 4 is 13.6 Å². The molecule has 1 aliphatic heterocycles. The van der Waals surface area contributed by atoms with Gasteiger partial charge in [0.05, 0.1) is 45.1 Å². The number of rotatable bonds is 9. The van der Waals surface area contributed by atoms with Gasteiger partial charge < -0.3 is 39.3 Å². The molecule has 0 saturated carbocycles. The molecular formula is C14H24N3O10P.